The van der Waals surface area contributed by atoms with Gasteiger partial charge in [0.05, 0.1) is 5.69 Å². The van der Waals surface area contributed by atoms with Gasteiger partial charge >= 0.3 is 0 Å². The minimum atomic E-state index is -0.250. The molecule has 2 aromatic rings. The molecule has 0 aromatic carbocycles. The molecule has 0 spiro atoms. The highest BCUT2D eigenvalue weighted by molar-refractivity contribution is 6.32. The Bertz CT molecular complexity index is 541. The van der Waals surface area contributed by atoms with Crippen LogP contribution < -0.4 is 5.32 Å². The number of pyridine rings is 1. The molecule has 0 saturated carbocycles. The van der Waals surface area contributed by atoms with Crippen molar-refractivity contribution in [2.75, 3.05) is 5.32 Å². The number of aromatic nitrogens is 3. The summed E-state index contributed by atoms with van der Waals surface area (Å²) in [7, 11) is 0. The zero-order chi connectivity index (χ0) is 12.3. The Labute approximate surface area is 107 Å². The summed E-state index contributed by atoms with van der Waals surface area (Å²) in [4.78, 5) is 19.3. The molecule has 0 aliphatic heterocycles. The van der Waals surface area contributed by atoms with Crippen molar-refractivity contribution in [3.63, 3.8) is 0 Å². The monoisotopic (exact) mass is 270 g/mol. The Morgan fingerprint density at radius 3 is 2.82 bits per heavy atom. The van der Waals surface area contributed by atoms with E-state index >= 15 is 0 Å². The van der Waals surface area contributed by atoms with Crippen LogP contribution in [0.25, 0.3) is 0 Å². The fraction of sp³-hybridized carbons (Fsp3) is 0.100. The van der Waals surface area contributed by atoms with E-state index in [-0.39, 0.29) is 22.9 Å². The van der Waals surface area contributed by atoms with Gasteiger partial charge in [-0.3, -0.25) is 4.79 Å². The van der Waals surface area contributed by atoms with Crippen LogP contribution in [-0.2, 0) is 11.3 Å². The van der Waals surface area contributed by atoms with Crippen LogP contribution in [0, 0.1) is 0 Å². The van der Waals surface area contributed by atoms with Crippen molar-refractivity contribution in [3.05, 3.63) is 41.2 Å². The molecule has 0 unspecified atom stereocenters. The number of halogens is 2. The summed E-state index contributed by atoms with van der Waals surface area (Å²) < 4.78 is 1.52. The van der Waals surface area contributed by atoms with Gasteiger partial charge in [0.1, 0.15) is 6.54 Å². The van der Waals surface area contributed by atoms with E-state index in [1.54, 1.807) is 24.5 Å². The molecule has 0 radical (unpaired) electrons. The lowest BCUT2D eigenvalue weighted by Gasteiger charge is -2.07. The van der Waals surface area contributed by atoms with E-state index in [0.29, 0.717) is 5.69 Å². The quantitative estimate of drug-likeness (QED) is 0.871. The molecule has 88 valence electrons. The van der Waals surface area contributed by atoms with Crippen molar-refractivity contribution in [2.45, 2.75) is 6.54 Å². The van der Waals surface area contributed by atoms with E-state index in [0.717, 1.165) is 0 Å². The van der Waals surface area contributed by atoms with Crippen LogP contribution in [0.2, 0.25) is 10.4 Å². The molecule has 0 aliphatic rings. The largest absolute Gasteiger partial charge is 0.322 e. The van der Waals surface area contributed by atoms with Crippen LogP contribution in [0.15, 0.2) is 30.7 Å². The van der Waals surface area contributed by atoms with E-state index in [4.69, 9.17) is 23.2 Å². The van der Waals surface area contributed by atoms with Gasteiger partial charge in [-0.2, -0.15) is 0 Å². The van der Waals surface area contributed by atoms with Crippen LogP contribution >= 0.6 is 23.2 Å². The molecule has 0 bridgehead atoms. The second-order valence-corrected chi connectivity index (χ2v) is 3.91. The van der Waals surface area contributed by atoms with Crippen molar-refractivity contribution < 1.29 is 4.79 Å². The predicted octanol–water partition coefficient (Wildman–Crippen LogP) is 2.22. The summed E-state index contributed by atoms with van der Waals surface area (Å²) in [6.07, 6.45) is 4.68. The topological polar surface area (TPSA) is 59.8 Å². The van der Waals surface area contributed by atoms with Crippen LogP contribution in [-0.4, -0.2) is 20.4 Å². The van der Waals surface area contributed by atoms with Gasteiger partial charge < -0.3 is 9.88 Å². The third kappa shape index (κ3) is 2.95. The van der Waals surface area contributed by atoms with Gasteiger partial charge in [-0.05, 0) is 23.7 Å². The number of hydrogen-bond donors (Lipinski definition) is 1. The molecule has 5 nitrogen and oxygen atoms in total. The number of rotatable bonds is 3. The van der Waals surface area contributed by atoms with Crippen molar-refractivity contribution in [3.8, 4) is 0 Å². The lowest BCUT2D eigenvalue weighted by Crippen LogP contribution is -2.18. The number of carbonyl (C=O) groups is 1. The Hall–Kier alpha value is -1.59. The highest BCUT2D eigenvalue weighted by Crippen LogP contribution is 2.17. The van der Waals surface area contributed by atoms with E-state index in [2.05, 4.69) is 15.3 Å². The average Bonchev–Trinajstić information content (AvgIpc) is 2.68. The molecule has 2 heterocycles. The molecule has 0 saturated heterocycles. The summed E-state index contributed by atoms with van der Waals surface area (Å²) in [5, 5.41) is 3.14. The molecular weight excluding hydrogens is 263 g/mol. The molecule has 1 N–H and O–H groups in total. The summed E-state index contributed by atoms with van der Waals surface area (Å²) >= 11 is 11.6. The second kappa shape index (κ2) is 5.16. The van der Waals surface area contributed by atoms with Gasteiger partial charge in [0, 0.05) is 18.6 Å². The first-order valence-corrected chi connectivity index (χ1v) is 5.49. The smallest absolute Gasteiger partial charge is 0.244 e. The number of nitrogens with zero attached hydrogens (tertiary/aromatic N) is 3. The SMILES string of the molecule is O=C(Cn1ccnc1Cl)Nc1cccnc1Cl. The lowest BCUT2D eigenvalue weighted by atomic mass is 10.4. The molecule has 2 aromatic heterocycles. The molecule has 7 heteroatoms. The molecule has 2 rings (SSSR count). The van der Waals surface area contributed by atoms with Gasteiger partial charge in [-0.25, -0.2) is 9.97 Å². The number of anilines is 1. The molecule has 0 atom stereocenters. The Kier molecular flexibility index (Phi) is 3.61. The van der Waals surface area contributed by atoms with Crippen molar-refractivity contribution in [2.24, 2.45) is 0 Å². The fourth-order valence-electron chi connectivity index (χ4n) is 1.25. The minimum Gasteiger partial charge on any atom is -0.322 e. The fourth-order valence-corrected chi connectivity index (χ4v) is 1.59. The second-order valence-electron chi connectivity index (χ2n) is 3.21. The van der Waals surface area contributed by atoms with Crippen molar-refractivity contribution in [1.82, 2.24) is 14.5 Å². The van der Waals surface area contributed by atoms with Gasteiger partial charge in [0.15, 0.2) is 5.15 Å². The number of hydrogen-bond acceptors (Lipinski definition) is 3. The maximum atomic E-state index is 11.7. The van der Waals surface area contributed by atoms with Crippen LogP contribution in [0.1, 0.15) is 0 Å². The zero-order valence-corrected chi connectivity index (χ0v) is 10.1. The van der Waals surface area contributed by atoms with Gasteiger partial charge in [-0.1, -0.05) is 11.6 Å². The molecular formula is C10H8Cl2N4O. The molecule has 1 amide bonds. The average molecular weight is 271 g/mol. The Morgan fingerprint density at radius 2 is 2.18 bits per heavy atom. The summed E-state index contributed by atoms with van der Waals surface area (Å²) in [6.45, 7) is 0.0735. The molecule has 17 heavy (non-hydrogen) atoms. The highest BCUT2D eigenvalue weighted by Gasteiger charge is 2.08. The first kappa shape index (κ1) is 11.9. The number of carbonyl (C=O) groups excluding carboxylic acids is 1. The molecule has 0 fully saturated rings. The first-order valence-electron chi connectivity index (χ1n) is 4.74. The van der Waals surface area contributed by atoms with Gasteiger partial charge in [0.25, 0.3) is 0 Å². The summed E-state index contributed by atoms with van der Waals surface area (Å²) in [6, 6.07) is 3.36. The summed E-state index contributed by atoms with van der Waals surface area (Å²) in [5.41, 5.74) is 0.468. The summed E-state index contributed by atoms with van der Waals surface area (Å²) in [5.74, 6) is -0.250. The van der Waals surface area contributed by atoms with Crippen LogP contribution in [0.3, 0.4) is 0 Å². The lowest BCUT2D eigenvalue weighted by molar-refractivity contribution is -0.116. The van der Waals surface area contributed by atoms with E-state index in [1.165, 1.54) is 10.8 Å². The van der Waals surface area contributed by atoms with Gasteiger partial charge in [0.2, 0.25) is 11.2 Å². The molecule has 0 aliphatic carbocycles. The van der Waals surface area contributed by atoms with Crippen LogP contribution in [0.4, 0.5) is 5.69 Å². The maximum absolute atomic E-state index is 11.7. The normalized spacial score (nSPS) is 10.2. The van der Waals surface area contributed by atoms with Crippen molar-refractivity contribution >= 4 is 34.8 Å². The van der Waals surface area contributed by atoms with Crippen molar-refractivity contribution in [1.29, 1.82) is 0 Å². The third-order valence-electron chi connectivity index (χ3n) is 2.01. The maximum Gasteiger partial charge on any atom is 0.244 e. The number of amides is 1. The highest BCUT2D eigenvalue weighted by atomic mass is 35.5. The Balaban J connectivity index is 2.03. The Morgan fingerprint density at radius 1 is 1.35 bits per heavy atom. The number of nitrogens with one attached hydrogen (secondary N) is 1. The van der Waals surface area contributed by atoms with E-state index in [9.17, 15) is 4.79 Å². The third-order valence-corrected chi connectivity index (χ3v) is 2.63. The minimum absolute atomic E-state index is 0.0735. The van der Waals surface area contributed by atoms with E-state index in [1.807, 2.05) is 0 Å². The zero-order valence-electron chi connectivity index (χ0n) is 8.60. The number of imidazole rings is 1. The van der Waals surface area contributed by atoms with Crippen LogP contribution in [0.5, 0.6) is 0 Å². The standard InChI is InChI=1S/C10H8Cl2N4O/c11-9-7(2-1-3-13-9)15-8(17)6-16-5-4-14-10(16)12/h1-5H,6H2,(H,15,17). The van der Waals surface area contributed by atoms with Gasteiger partial charge in [-0.15, -0.1) is 0 Å². The first-order chi connectivity index (χ1) is 8.16. The van der Waals surface area contributed by atoms with E-state index < -0.39 is 0 Å². The predicted molar refractivity (Wildman–Crippen MR) is 65.1 cm³/mol.